The number of pyridine rings is 1. The molecule has 2 N–H and O–H groups in total. The summed E-state index contributed by atoms with van der Waals surface area (Å²) in [5.74, 6) is 0. The molecule has 0 aliphatic heterocycles. The Labute approximate surface area is 114 Å². The summed E-state index contributed by atoms with van der Waals surface area (Å²) in [6.07, 6.45) is 3.89. The van der Waals surface area contributed by atoms with E-state index < -0.39 is 0 Å². The van der Waals surface area contributed by atoms with Crippen LogP contribution >= 0.6 is 0 Å². The quantitative estimate of drug-likeness (QED) is 0.698. The molecule has 0 saturated heterocycles. The number of methoxy groups -OCH3 is 1. The summed E-state index contributed by atoms with van der Waals surface area (Å²) in [5, 5.41) is 11.2. The summed E-state index contributed by atoms with van der Waals surface area (Å²) in [6.45, 7) is 5.58. The first-order chi connectivity index (χ1) is 9.31. The Hall–Kier alpha value is -1.43. The molecule has 0 radical (unpaired) electrons. The smallest absolute Gasteiger partial charge is 0.0706 e. The molecule has 1 unspecified atom stereocenters. The van der Waals surface area contributed by atoms with Crippen LogP contribution in [0.25, 0.3) is 5.52 Å². The third-order valence-electron chi connectivity index (χ3n) is 3.08. The van der Waals surface area contributed by atoms with Gasteiger partial charge in [0.1, 0.15) is 0 Å². The van der Waals surface area contributed by atoms with Gasteiger partial charge in [-0.1, -0.05) is 6.07 Å². The molecule has 0 bridgehead atoms. The van der Waals surface area contributed by atoms with Crippen LogP contribution in [0, 0.1) is 0 Å². The van der Waals surface area contributed by atoms with Gasteiger partial charge in [-0.15, -0.1) is 0 Å². The summed E-state index contributed by atoms with van der Waals surface area (Å²) >= 11 is 0. The molecule has 0 saturated carbocycles. The molecule has 19 heavy (non-hydrogen) atoms. The summed E-state index contributed by atoms with van der Waals surface area (Å²) in [4.78, 5) is 0. The maximum atomic E-state index is 5.00. The number of nitrogens with zero attached hydrogens (tertiary/aromatic N) is 2. The first-order valence-corrected chi connectivity index (χ1v) is 6.65. The van der Waals surface area contributed by atoms with Crippen LogP contribution in [0.5, 0.6) is 0 Å². The Morgan fingerprint density at radius 3 is 3.16 bits per heavy atom. The van der Waals surface area contributed by atoms with Crippen LogP contribution in [0.3, 0.4) is 0 Å². The minimum Gasteiger partial charge on any atom is -0.383 e. The number of ether oxygens (including phenoxy) is 1. The minimum atomic E-state index is 0.413. The van der Waals surface area contributed by atoms with Crippen LogP contribution in [0.1, 0.15) is 12.5 Å². The zero-order valence-corrected chi connectivity index (χ0v) is 11.6. The van der Waals surface area contributed by atoms with Gasteiger partial charge in [-0.3, -0.25) is 0 Å². The van der Waals surface area contributed by atoms with Crippen LogP contribution < -0.4 is 10.6 Å². The molecular formula is C14H22N4O. The lowest BCUT2D eigenvalue weighted by atomic mass is 10.2. The topological polar surface area (TPSA) is 50.6 Å². The first kappa shape index (κ1) is 14.0. The van der Waals surface area contributed by atoms with Gasteiger partial charge in [0.25, 0.3) is 0 Å². The van der Waals surface area contributed by atoms with Gasteiger partial charge in [0.05, 0.1) is 18.3 Å². The molecule has 0 aromatic carbocycles. The predicted molar refractivity (Wildman–Crippen MR) is 76.2 cm³/mol. The SMILES string of the molecule is COCCNCC(C)NCc1cnn2ccccc12. The van der Waals surface area contributed by atoms with E-state index >= 15 is 0 Å². The molecule has 2 aromatic heterocycles. The zero-order valence-electron chi connectivity index (χ0n) is 11.6. The molecule has 104 valence electrons. The predicted octanol–water partition coefficient (Wildman–Crippen LogP) is 1.05. The summed E-state index contributed by atoms with van der Waals surface area (Å²) < 4.78 is 6.90. The van der Waals surface area contributed by atoms with Gasteiger partial charge < -0.3 is 15.4 Å². The molecule has 0 amide bonds. The number of fused-ring (bicyclic) bond motifs is 1. The van der Waals surface area contributed by atoms with Gasteiger partial charge in [-0.05, 0) is 19.1 Å². The highest BCUT2D eigenvalue weighted by Crippen LogP contribution is 2.09. The fourth-order valence-corrected chi connectivity index (χ4v) is 1.97. The van der Waals surface area contributed by atoms with Gasteiger partial charge in [-0.2, -0.15) is 5.10 Å². The zero-order chi connectivity index (χ0) is 13.5. The molecule has 0 aliphatic rings. The Morgan fingerprint density at radius 2 is 2.32 bits per heavy atom. The van der Waals surface area contributed by atoms with E-state index in [4.69, 9.17) is 4.74 Å². The Balaban J connectivity index is 1.78. The lowest BCUT2D eigenvalue weighted by Crippen LogP contribution is -2.37. The van der Waals surface area contributed by atoms with E-state index in [0.29, 0.717) is 6.04 Å². The molecule has 0 fully saturated rings. The number of nitrogens with one attached hydrogen (secondary N) is 2. The molecular weight excluding hydrogens is 240 g/mol. The van der Waals surface area contributed by atoms with Crippen molar-refractivity contribution in [2.75, 3.05) is 26.8 Å². The van der Waals surface area contributed by atoms with Crippen molar-refractivity contribution in [1.29, 1.82) is 0 Å². The van der Waals surface area contributed by atoms with E-state index in [2.05, 4.69) is 28.7 Å². The highest BCUT2D eigenvalue weighted by atomic mass is 16.5. The molecule has 2 rings (SSSR count). The fourth-order valence-electron chi connectivity index (χ4n) is 1.97. The van der Waals surface area contributed by atoms with E-state index in [9.17, 15) is 0 Å². The van der Waals surface area contributed by atoms with Gasteiger partial charge in [0, 0.05) is 44.5 Å². The van der Waals surface area contributed by atoms with Crippen LogP contribution in [-0.4, -0.2) is 42.5 Å². The Kier molecular flexibility index (Phi) is 5.32. The summed E-state index contributed by atoms with van der Waals surface area (Å²) in [5.41, 5.74) is 2.39. The lowest BCUT2D eigenvalue weighted by molar-refractivity contribution is 0.198. The van der Waals surface area contributed by atoms with Crippen molar-refractivity contribution in [3.8, 4) is 0 Å². The van der Waals surface area contributed by atoms with Crippen molar-refractivity contribution in [2.24, 2.45) is 0 Å². The standard InChI is InChI=1S/C14H22N4O/c1-12(9-15-6-8-19-2)16-10-13-11-17-18-7-4-3-5-14(13)18/h3-5,7,11-12,15-16H,6,8-10H2,1-2H3. The van der Waals surface area contributed by atoms with Crippen LogP contribution in [0.4, 0.5) is 0 Å². The van der Waals surface area contributed by atoms with Gasteiger partial charge in [0.2, 0.25) is 0 Å². The van der Waals surface area contributed by atoms with E-state index in [1.807, 2.05) is 29.0 Å². The van der Waals surface area contributed by atoms with E-state index in [0.717, 1.165) is 31.8 Å². The molecule has 0 spiro atoms. The first-order valence-electron chi connectivity index (χ1n) is 6.65. The van der Waals surface area contributed by atoms with Crippen molar-refractivity contribution in [3.63, 3.8) is 0 Å². The second-order valence-electron chi connectivity index (χ2n) is 4.68. The third-order valence-corrected chi connectivity index (χ3v) is 3.08. The summed E-state index contributed by atoms with van der Waals surface area (Å²) in [6, 6.07) is 6.52. The van der Waals surface area contributed by atoms with Crippen LogP contribution in [0.2, 0.25) is 0 Å². The average Bonchev–Trinajstić information content (AvgIpc) is 2.85. The maximum absolute atomic E-state index is 5.00. The average molecular weight is 262 g/mol. The Bertz CT molecular complexity index is 497. The van der Waals surface area contributed by atoms with Crippen molar-refractivity contribution >= 4 is 5.52 Å². The third kappa shape index (κ3) is 4.02. The number of hydrogen-bond donors (Lipinski definition) is 2. The number of rotatable bonds is 8. The van der Waals surface area contributed by atoms with E-state index in [1.54, 1.807) is 7.11 Å². The maximum Gasteiger partial charge on any atom is 0.0706 e. The van der Waals surface area contributed by atoms with Crippen molar-refractivity contribution in [1.82, 2.24) is 20.2 Å². The molecule has 5 nitrogen and oxygen atoms in total. The fraction of sp³-hybridized carbons (Fsp3) is 0.500. The molecule has 0 aliphatic carbocycles. The van der Waals surface area contributed by atoms with Crippen LogP contribution in [-0.2, 0) is 11.3 Å². The van der Waals surface area contributed by atoms with Gasteiger partial charge >= 0.3 is 0 Å². The second kappa shape index (κ2) is 7.23. The Morgan fingerprint density at radius 1 is 1.42 bits per heavy atom. The summed E-state index contributed by atoms with van der Waals surface area (Å²) in [7, 11) is 1.72. The normalized spacial score (nSPS) is 12.9. The van der Waals surface area contributed by atoms with E-state index in [-0.39, 0.29) is 0 Å². The second-order valence-corrected chi connectivity index (χ2v) is 4.68. The highest BCUT2D eigenvalue weighted by Gasteiger charge is 2.05. The largest absolute Gasteiger partial charge is 0.383 e. The minimum absolute atomic E-state index is 0.413. The molecule has 1 atom stereocenters. The number of hydrogen-bond acceptors (Lipinski definition) is 4. The van der Waals surface area contributed by atoms with Crippen LogP contribution in [0.15, 0.2) is 30.6 Å². The molecule has 2 heterocycles. The number of aromatic nitrogens is 2. The van der Waals surface area contributed by atoms with Gasteiger partial charge in [0.15, 0.2) is 0 Å². The van der Waals surface area contributed by atoms with Gasteiger partial charge in [-0.25, -0.2) is 4.52 Å². The van der Waals surface area contributed by atoms with E-state index in [1.165, 1.54) is 5.56 Å². The monoisotopic (exact) mass is 262 g/mol. The molecule has 2 aromatic rings. The van der Waals surface area contributed by atoms with Crippen molar-refractivity contribution < 1.29 is 4.74 Å². The highest BCUT2D eigenvalue weighted by molar-refractivity contribution is 5.53. The lowest BCUT2D eigenvalue weighted by Gasteiger charge is -2.14. The van der Waals surface area contributed by atoms with Crippen molar-refractivity contribution in [3.05, 3.63) is 36.2 Å². The van der Waals surface area contributed by atoms with Crippen molar-refractivity contribution in [2.45, 2.75) is 19.5 Å². The molecule has 5 heteroatoms.